The van der Waals surface area contributed by atoms with E-state index in [4.69, 9.17) is 9.47 Å². The number of hydrogen-bond acceptors (Lipinski definition) is 6. The minimum absolute atomic E-state index is 0.0308. The van der Waals surface area contributed by atoms with Crippen LogP contribution in [0, 0.1) is 25.7 Å². The molecule has 8 heteroatoms. The highest BCUT2D eigenvalue weighted by Gasteiger charge is 2.79. The number of anilines is 1. The van der Waals surface area contributed by atoms with E-state index in [0.717, 1.165) is 16.8 Å². The number of aryl methyl sites for hydroxylation is 2. The summed E-state index contributed by atoms with van der Waals surface area (Å²) < 4.78 is 12.3. The van der Waals surface area contributed by atoms with Gasteiger partial charge < -0.3 is 24.4 Å². The SMILES string of the molecule is C=CCOC(=O)[C@@H]1[C@H]2C(=O)N([C@@H](CC)CO)C(C(=O)N(CC=C)c3cc(C)ccc3C)C23CC[C@@]1(CC)O3. The molecule has 6 atom stereocenters. The Morgan fingerprint density at radius 1 is 1.26 bits per heavy atom. The molecular formula is C30H40N2O6. The van der Waals surface area contributed by atoms with Gasteiger partial charge >= 0.3 is 5.97 Å². The maximum atomic E-state index is 14.7. The summed E-state index contributed by atoms with van der Waals surface area (Å²) in [5.41, 5.74) is 0.572. The topological polar surface area (TPSA) is 96.4 Å². The zero-order valence-electron chi connectivity index (χ0n) is 22.9. The molecule has 3 fully saturated rings. The molecule has 1 N–H and O–H groups in total. The fourth-order valence-electron chi connectivity index (χ4n) is 6.93. The molecular weight excluding hydrogens is 484 g/mol. The molecule has 2 unspecified atom stereocenters. The molecule has 2 amide bonds. The van der Waals surface area contributed by atoms with E-state index < -0.39 is 41.1 Å². The molecule has 0 radical (unpaired) electrons. The summed E-state index contributed by atoms with van der Waals surface area (Å²) in [5, 5.41) is 10.3. The lowest BCUT2D eigenvalue weighted by Gasteiger charge is -2.39. The average molecular weight is 525 g/mol. The van der Waals surface area contributed by atoms with E-state index in [0.29, 0.717) is 25.7 Å². The van der Waals surface area contributed by atoms with E-state index in [9.17, 15) is 19.5 Å². The van der Waals surface area contributed by atoms with Crippen LogP contribution in [0.25, 0.3) is 0 Å². The number of esters is 1. The van der Waals surface area contributed by atoms with Crippen LogP contribution < -0.4 is 4.90 Å². The predicted octanol–water partition coefficient (Wildman–Crippen LogP) is 3.48. The third-order valence-electron chi connectivity index (χ3n) is 8.76. The number of hydrogen-bond donors (Lipinski definition) is 1. The van der Waals surface area contributed by atoms with Gasteiger partial charge in [-0.25, -0.2) is 0 Å². The van der Waals surface area contributed by atoms with Crippen molar-refractivity contribution in [3.05, 3.63) is 54.6 Å². The quantitative estimate of drug-likeness (QED) is 0.352. The molecule has 1 aromatic rings. The summed E-state index contributed by atoms with van der Waals surface area (Å²) in [6, 6.07) is 4.31. The predicted molar refractivity (Wildman–Crippen MR) is 144 cm³/mol. The Morgan fingerprint density at radius 2 is 2.00 bits per heavy atom. The molecule has 0 aromatic heterocycles. The molecule has 8 nitrogen and oxygen atoms in total. The highest BCUT2D eigenvalue weighted by atomic mass is 16.6. The molecule has 3 heterocycles. The second-order valence-electron chi connectivity index (χ2n) is 10.8. The van der Waals surface area contributed by atoms with Gasteiger partial charge in [0.1, 0.15) is 24.2 Å². The van der Waals surface area contributed by atoms with Crippen LogP contribution in [0.3, 0.4) is 0 Å². The van der Waals surface area contributed by atoms with Gasteiger partial charge in [0.25, 0.3) is 5.91 Å². The molecule has 1 spiro atoms. The maximum Gasteiger partial charge on any atom is 0.313 e. The van der Waals surface area contributed by atoms with Crippen LogP contribution in [0.15, 0.2) is 43.5 Å². The van der Waals surface area contributed by atoms with Crippen LogP contribution in [0.4, 0.5) is 5.69 Å². The molecule has 1 aromatic carbocycles. The third-order valence-corrected chi connectivity index (χ3v) is 8.76. The summed E-state index contributed by atoms with van der Waals surface area (Å²) in [5.74, 6) is -2.84. The Balaban J connectivity index is 1.87. The van der Waals surface area contributed by atoms with Crippen LogP contribution in [-0.4, -0.2) is 70.8 Å². The summed E-state index contributed by atoms with van der Waals surface area (Å²) in [6.45, 7) is 15.2. The Bertz CT molecular complexity index is 1130. The number of carbonyl (C=O) groups is 3. The number of aliphatic hydroxyl groups excluding tert-OH is 1. The van der Waals surface area contributed by atoms with Gasteiger partial charge in [-0.3, -0.25) is 14.4 Å². The number of fused-ring (bicyclic) bond motifs is 1. The lowest BCUT2D eigenvalue weighted by Crippen LogP contribution is -2.59. The second-order valence-corrected chi connectivity index (χ2v) is 10.8. The first kappa shape index (κ1) is 28.0. The van der Waals surface area contributed by atoms with E-state index in [1.807, 2.05) is 45.9 Å². The van der Waals surface area contributed by atoms with Gasteiger partial charge in [-0.1, -0.05) is 44.7 Å². The number of benzene rings is 1. The zero-order chi connectivity index (χ0) is 27.8. The fourth-order valence-corrected chi connectivity index (χ4v) is 6.93. The van der Waals surface area contributed by atoms with Gasteiger partial charge in [-0.15, -0.1) is 6.58 Å². The van der Waals surface area contributed by atoms with Crippen molar-refractivity contribution in [3.8, 4) is 0 Å². The van der Waals surface area contributed by atoms with E-state index in [1.165, 1.54) is 11.0 Å². The van der Waals surface area contributed by atoms with Gasteiger partial charge in [-0.05, 0) is 56.7 Å². The molecule has 3 aliphatic rings. The first-order chi connectivity index (χ1) is 18.2. The van der Waals surface area contributed by atoms with E-state index in [1.54, 1.807) is 11.0 Å². The van der Waals surface area contributed by atoms with Gasteiger partial charge in [-0.2, -0.15) is 0 Å². The van der Waals surface area contributed by atoms with Crippen LogP contribution in [0.2, 0.25) is 0 Å². The standard InChI is InChI=1S/C30H40N2O6/c1-7-15-31(22-17-19(5)11-12-20(22)6)27(35)25-30-14-13-29(10-4,38-30)24(28(36)37-16-8-2)23(30)26(34)32(25)21(9-3)18-33/h7-8,11-12,17,21,23-25,33H,1-2,9-10,13-16,18H2,3-6H3/t21-,23-,24-,25?,29+,30?/m0/s1. The van der Waals surface area contributed by atoms with Crippen molar-refractivity contribution in [3.63, 3.8) is 0 Å². The zero-order valence-corrected chi connectivity index (χ0v) is 22.9. The molecule has 0 saturated carbocycles. The Kier molecular flexibility index (Phi) is 7.86. The number of likely N-dealkylation sites (tertiary alicyclic amines) is 1. The van der Waals surface area contributed by atoms with Crippen molar-refractivity contribution in [1.82, 2.24) is 4.90 Å². The first-order valence-corrected chi connectivity index (χ1v) is 13.6. The number of nitrogens with zero attached hydrogens (tertiary/aromatic N) is 2. The van der Waals surface area contributed by atoms with Crippen molar-refractivity contribution in [2.24, 2.45) is 11.8 Å². The summed E-state index contributed by atoms with van der Waals surface area (Å²) in [4.78, 5) is 45.5. The molecule has 38 heavy (non-hydrogen) atoms. The van der Waals surface area contributed by atoms with Crippen molar-refractivity contribution in [1.29, 1.82) is 0 Å². The van der Waals surface area contributed by atoms with Crippen LogP contribution in [0.5, 0.6) is 0 Å². The number of ether oxygens (including phenoxy) is 2. The minimum Gasteiger partial charge on any atom is -0.461 e. The number of amides is 2. The van der Waals surface area contributed by atoms with Gasteiger partial charge in [0, 0.05) is 12.2 Å². The third kappa shape index (κ3) is 4.09. The van der Waals surface area contributed by atoms with Gasteiger partial charge in [0.15, 0.2) is 0 Å². The second kappa shape index (κ2) is 10.7. The monoisotopic (exact) mass is 524 g/mol. The lowest BCUT2D eigenvalue weighted by atomic mass is 9.65. The van der Waals surface area contributed by atoms with Crippen LogP contribution >= 0.6 is 0 Å². The summed E-state index contributed by atoms with van der Waals surface area (Å²) >= 11 is 0. The lowest BCUT2D eigenvalue weighted by molar-refractivity contribution is -0.161. The van der Waals surface area contributed by atoms with Gasteiger partial charge in [0.2, 0.25) is 5.91 Å². The molecule has 4 rings (SSSR count). The van der Waals surface area contributed by atoms with E-state index in [-0.39, 0.29) is 31.6 Å². The number of carbonyl (C=O) groups excluding carboxylic acids is 3. The highest BCUT2D eigenvalue weighted by molar-refractivity contribution is 6.05. The number of rotatable bonds is 11. The molecule has 3 aliphatic heterocycles. The fraction of sp³-hybridized carbons (Fsp3) is 0.567. The Hall–Kier alpha value is -2.97. The van der Waals surface area contributed by atoms with E-state index in [2.05, 4.69) is 13.2 Å². The smallest absolute Gasteiger partial charge is 0.313 e. The van der Waals surface area contributed by atoms with Crippen molar-refractivity contribution < 1.29 is 29.0 Å². The minimum atomic E-state index is -1.19. The average Bonchev–Trinajstić information content (AvgIpc) is 3.52. The largest absolute Gasteiger partial charge is 0.461 e. The van der Waals surface area contributed by atoms with Crippen LogP contribution in [0.1, 0.15) is 50.7 Å². The number of aliphatic hydroxyl groups is 1. The molecule has 2 bridgehead atoms. The molecule has 0 aliphatic carbocycles. The molecule has 3 saturated heterocycles. The highest BCUT2D eigenvalue weighted by Crippen LogP contribution is 2.65. The van der Waals surface area contributed by atoms with Gasteiger partial charge in [0.05, 0.1) is 24.2 Å². The summed E-state index contributed by atoms with van der Waals surface area (Å²) in [7, 11) is 0. The van der Waals surface area contributed by atoms with Crippen molar-refractivity contribution >= 4 is 23.5 Å². The van der Waals surface area contributed by atoms with Crippen molar-refractivity contribution in [2.45, 2.75) is 76.7 Å². The normalized spacial score (nSPS) is 30.2. The van der Waals surface area contributed by atoms with E-state index >= 15 is 0 Å². The Labute approximate surface area is 225 Å². The van der Waals surface area contributed by atoms with Crippen molar-refractivity contribution in [2.75, 3.05) is 24.7 Å². The first-order valence-electron chi connectivity index (χ1n) is 13.6. The maximum absolute atomic E-state index is 14.7. The molecule has 206 valence electrons. The van der Waals surface area contributed by atoms with Crippen LogP contribution in [-0.2, 0) is 23.9 Å². The Morgan fingerprint density at radius 3 is 2.61 bits per heavy atom. The summed E-state index contributed by atoms with van der Waals surface area (Å²) in [6.07, 6.45) is 5.12.